The maximum atomic E-state index is 14.9. The molecule has 1 rings (SSSR count). The fourth-order valence-electron chi connectivity index (χ4n) is 3.61. The first kappa shape index (κ1) is 29.8. The van der Waals surface area contributed by atoms with Gasteiger partial charge >= 0.3 is 0 Å². The number of rotatable bonds is 13. The summed E-state index contributed by atoms with van der Waals surface area (Å²) in [7, 11) is 0. The lowest BCUT2D eigenvalue weighted by Gasteiger charge is -2.39. The molecule has 1 aliphatic rings. The van der Waals surface area contributed by atoms with Crippen LogP contribution in [0.15, 0.2) is 12.2 Å². The number of ether oxygens (including phenoxy) is 2. The van der Waals surface area contributed by atoms with E-state index in [4.69, 9.17) is 19.7 Å². The first-order chi connectivity index (χ1) is 15.2. The van der Waals surface area contributed by atoms with E-state index < -0.39 is 80.6 Å². The van der Waals surface area contributed by atoms with E-state index in [1.165, 1.54) is 0 Å². The Morgan fingerprint density at radius 3 is 2.39 bits per heavy atom. The summed E-state index contributed by atoms with van der Waals surface area (Å²) in [5.41, 5.74) is -1.15. The van der Waals surface area contributed by atoms with Crippen LogP contribution in [0.5, 0.6) is 0 Å². The molecule has 9 nitrogen and oxygen atoms in total. The highest BCUT2D eigenvalue weighted by Gasteiger charge is 2.51. The lowest BCUT2D eigenvalue weighted by Crippen LogP contribution is -2.51. The van der Waals surface area contributed by atoms with Gasteiger partial charge in [-0.1, -0.05) is 32.9 Å². The second kappa shape index (κ2) is 12.5. The first-order valence-corrected chi connectivity index (χ1v) is 11.1. The van der Waals surface area contributed by atoms with E-state index >= 15 is 0 Å². The van der Waals surface area contributed by atoms with Crippen LogP contribution in [0.1, 0.15) is 53.4 Å². The summed E-state index contributed by atoms with van der Waals surface area (Å²) in [5.74, 6) is -4.30. The van der Waals surface area contributed by atoms with E-state index in [-0.39, 0.29) is 18.4 Å². The minimum atomic E-state index is -3.46. The average Bonchev–Trinajstić information content (AvgIpc) is 2.74. The standard InChI is InChI=1S/C22H39F2NO8/c1-12-8-16(33-14(3)13(12)2)19(30)20(31)25-18(32-11-27)6-7-22(23,24)21(4,5)17(29)9-15(28)10-26/h13-19,26-30H,1,6-11H2,2-5H3,(H,25,31)/t13-,14-,15?,16?,17-,18+,19+/m1/s1. The second-order valence-electron chi connectivity index (χ2n) is 9.32. The molecule has 0 aliphatic carbocycles. The maximum Gasteiger partial charge on any atom is 0.255 e. The molecule has 1 heterocycles. The van der Waals surface area contributed by atoms with Crippen molar-refractivity contribution < 1.29 is 48.6 Å². The lowest BCUT2D eigenvalue weighted by molar-refractivity contribution is -0.177. The molecule has 7 atom stereocenters. The van der Waals surface area contributed by atoms with Crippen molar-refractivity contribution in [2.75, 3.05) is 13.4 Å². The number of carbonyl (C=O) groups is 1. The molecule has 0 aromatic rings. The number of carbonyl (C=O) groups excluding carboxylic acids is 1. The highest BCUT2D eigenvalue weighted by Crippen LogP contribution is 2.44. The van der Waals surface area contributed by atoms with Gasteiger partial charge in [0.2, 0.25) is 0 Å². The predicted molar refractivity (Wildman–Crippen MR) is 115 cm³/mol. The van der Waals surface area contributed by atoms with Gasteiger partial charge in [-0.15, -0.1) is 0 Å². The summed E-state index contributed by atoms with van der Waals surface area (Å²) in [6, 6.07) is 0. The number of aliphatic hydroxyl groups excluding tert-OH is 5. The molecule has 1 aliphatic heterocycles. The molecule has 0 aromatic heterocycles. The molecule has 0 aromatic carbocycles. The van der Waals surface area contributed by atoms with Crippen LogP contribution in [0.2, 0.25) is 0 Å². The predicted octanol–water partition coefficient (Wildman–Crippen LogP) is 0.672. The smallest absolute Gasteiger partial charge is 0.255 e. The quantitative estimate of drug-likeness (QED) is 0.165. The van der Waals surface area contributed by atoms with E-state index in [0.29, 0.717) is 0 Å². The molecule has 2 unspecified atom stereocenters. The van der Waals surface area contributed by atoms with Crippen LogP contribution in [-0.2, 0) is 14.3 Å². The number of aliphatic hydroxyl groups is 5. The largest absolute Gasteiger partial charge is 0.394 e. The Morgan fingerprint density at radius 2 is 1.88 bits per heavy atom. The Hall–Kier alpha value is -1.21. The fourth-order valence-corrected chi connectivity index (χ4v) is 3.61. The molecule has 1 fully saturated rings. The number of hydrogen-bond donors (Lipinski definition) is 6. The summed E-state index contributed by atoms with van der Waals surface area (Å²) in [6.07, 6.45) is -8.46. The molecule has 33 heavy (non-hydrogen) atoms. The van der Waals surface area contributed by atoms with Crippen LogP contribution in [0.25, 0.3) is 0 Å². The summed E-state index contributed by atoms with van der Waals surface area (Å²) >= 11 is 0. The van der Waals surface area contributed by atoms with Crippen LogP contribution in [-0.4, -0.2) is 87.5 Å². The number of alkyl halides is 2. The highest BCUT2D eigenvalue weighted by molar-refractivity contribution is 5.81. The molecule has 0 spiro atoms. The van der Waals surface area contributed by atoms with Gasteiger partial charge in [-0.3, -0.25) is 4.79 Å². The van der Waals surface area contributed by atoms with Crippen molar-refractivity contribution in [1.29, 1.82) is 0 Å². The Balaban J connectivity index is 2.77. The number of nitrogens with one attached hydrogen (secondary N) is 1. The lowest BCUT2D eigenvalue weighted by atomic mass is 9.76. The van der Waals surface area contributed by atoms with Gasteiger partial charge in [0.05, 0.1) is 36.4 Å². The fraction of sp³-hybridized carbons (Fsp3) is 0.864. The Labute approximate surface area is 193 Å². The maximum absolute atomic E-state index is 14.9. The summed E-state index contributed by atoms with van der Waals surface area (Å²) < 4.78 is 40.4. The normalized spacial score (nSPS) is 25.9. The van der Waals surface area contributed by atoms with E-state index in [2.05, 4.69) is 11.9 Å². The van der Waals surface area contributed by atoms with Crippen LogP contribution in [0.3, 0.4) is 0 Å². The van der Waals surface area contributed by atoms with Crippen LogP contribution < -0.4 is 5.32 Å². The number of hydrogen-bond acceptors (Lipinski definition) is 8. The van der Waals surface area contributed by atoms with Gasteiger partial charge in [-0.05, 0) is 19.8 Å². The van der Waals surface area contributed by atoms with Gasteiger partial charge in [0.1, 0.15) is 13.0 Å². The van der Waals surface area contributed by atoms with E-state index in [1.807, 2.05) is 6.92 Å². The van der Waals surface area contributed by atoms with E-state index in [1.54, 1.807) is 6.92 Å². The Morgan fingerprint density at radius 1 is 1.27 bits per heavy atom. The van der Waals surface area contributed by atoms with Crippen molar-refractivity contribution >= 4 is 5.91 Å². The van der Waals surface area contributed by atoms with Gasteiger partial charge < -0.3 is 40.3 Å². The van der Waals surface area contributed by atoms with Crippen molar-refractivity contribution in [2.45, 2.75) is 96.0 Å². The van der Waals surface area contributed by atoms with Crippen molar-refractivity contribution in [1.82, 2.24) is 5.32 Å². The van der Waals surface area contributed by atoms with E-state index in [0.717, 1.165) is 19.4 Å². The van der Waals surface area contributed by atoms with Crippen molar-refractivity contribution in [3.05, 3.63) is 12.2 Å². The van der Waals surface area contributed by atoms with Crippen LogP contribution >= 0.6 is 0 Å². The minimum Gasteiger partial charge on any atom is -0.394 e. The molecule has 0 radical (unpaired) electrons. The summed E-state index contributed by atoms with van der Waals surface area (Å²) in [6.45, 7) is 8.37. The molecule has 194 valence electrons. The monoisotopic (exact) mass is 483 g/mol. The van der Waals surface area contributed by atoms with E-state index in [9.17, 15) is 28.9 Å². The number of halogens is 2. The highest BCUT2D eigenvalue weighted by atomic mass is 19.3. The molecular weight excluding hydrogens is 444 g/mol. The third-order valence-electron chi connectivity index (χ3n) is 6.60. The zero-order valence-corrected chi connectivity index (χ0v) is 19.7. The van der Waals surface area contributed by atoms with Gasteiger partial charge in [-0.25, -0.2) is 8.78 Å². The molecule has 0 saturated carbocycles. The van der Waals surface area contributed by atoms with Gasteiger partial charge in [0, 0.05) is 18.8 Å². The van der Waals surface area contributed by atoms with Crippen molar-refractivity contribution in [2.24, 2.45) is 11.3 Å². The molecule has 6 N–H and O–H groups in total. The molecular formula is C22H39F2NO8. The molecule has 11 heteroatoms. The average molecular weight is 484 g/mol. The minimum absolute atomic E-state index is 0.0569. The van der Waals surface area contributed by atoms with Crippen LogP contribution in [0.4, 0.5) is 8.78 Å². The van der Waals surface area contributed by atoms with Gasteiger partial charge in [0.25, 0.3) is 11.8 Å². The Bertz CT molecular complexity index is 648. The summed E-state index contributed by atoms with van der Waals surface area (Å²) in [5, 5.41) is 50.3. The first-order valence-electron chi connectivity index (χ1n) is 11.1. The second-order valence-corrected chi connectivity index (χ2v) is 9.32. The van der Waals surface area contributed by atoms with Crippen molar-refractivity contribution in [3.63, 3.8) is 0 Å². The zero-order valence-electron chi connectivity index (χ0n) is 19.7. The number of amides is 1. The third-order valence-corrected chi connectivity index (χ3v) is 6.60. The zero-order chi connectivity index (χ0) is 25.6. The molecule has 1 amide bonds. The van der Waals surface area contributed by atoms with Crippen molar-refractivity contribution in [3.8, 4) is 0 Å². The molecule has 0 bridgehead atoms. The molecule has 1 saturated heterocycles. The third kappa shape index (κ3) is 7.91. The van der Waals surface area contributed by atoms with Gasteiger partial charge in [-0.2, -0.15) is 0 Å². The van der Waals surface area contributed by atoms with Gasteiger partial charge in [0.15, 0.2) is 6.10 Å². The topological polar surface area (TPSA) is 149 Å². The SMILES string of the molecule is C=C1CC([C@H](O)C(=O)N[C@H](CCC(F)(F)C(C)(C)[C@H](O)CC(O)CO)OCO)O[C@H](C)[C@@H]1C. The summed E-state index contributed by atoms with van der Waals surface area (Å²) in [4.78, 5) is 12.5. The van der Waals surface area contributed by atoms with Crippen LogP contribution in [0, 0.1) is 11.3 Å². The Kier molecular flexibility index (Phi) is 11.3.